The molecule has 4 N–H and O–H groups in total. The van der Waals surface area contributed by atoms with Crippen LogP contribution < -0.4 is 25.5 Å². The Labute approximate surface area is 226 Å². The summed E-state index contributed by atoms with van der Waals surface area (Å²) in [5.74, 6) is -1.55. The Bertz CT molecular complexity index is 1380. The molecule has 3 amide bonds. The molecule has 1 aliphatic rings. The van der Waals surface area contributed by atoms with Crippen LogP contribution in [-0.4, -0.2) is 54.5 Å². The molecule has 1 heterocycles. The number of phenolic OH excluding ortho intramolecular Hbond substituents is 1. The number of hydrogen-bond acceptors (Lipinski definition) is 10. The number of nitro groups is 1. The number of carbonyl (C=O) groups is 3. The van der Waals surface area contributed by atoms with Crippen molar-refractivity contribution < 1.29 is 38.6 Å². The molecule has 0 aliphatic carbocycles. The molecule has 1 aliphatic heterocycles. The highest BCUT2D eigenvalue weighted by Crippen LogP contribution is 2.35. The molecule has 15 heteroatoms. The Morgan fingerprint density at radius 3 is 2.69 bits per heavy atom. The molecule has 0 bridgehead atoms. The molecule has 0 aromatic heterocycles. The van der Waals surface area contributed by atoms with E-state index in [2.05, 4.69) is 21.2 Å². The third-order valence-corrected chi connectivity index (χ3v) is 5.54. The molecule has 39 heavy (non-hydrogen) atoms. The Morgan fingerprint density at radius 1 is 1.28 bits per heavy atom. The maximum atomic E-state index is 12.5. The number of phenols is 1. The molecule has 3 rings (SSSR count). The van der Waals surface area contributed by atoms with Gasteiger partial charge >= 0.3 is 17.7 Å². The number of halogens is 1. The lowest BCUT2D eigenvalue weighted by molar-refractivity contribution is -0.385. The monoisotopic (exact) mass is 561 g/mol. The van der Waals surface area contributed by atoms with Crippen molar-refractivity contribution in [1.29, 1.82) is 0 Å². The van der Waals surface area contributed by atoms with Gasteiger partial charge in [0.05, 0.1) is 36.5 Å². The van der Waals surface area contributed by atoms with Gasteiger partial charge in [-0.3, -0.25) is 14.9 Å². The minimum Gasteiger partial charge on any atom is -0.502 e. The maximum absolute atomic E-state index is 12.5. The first-order valence-corrected chi connectivity index (χ1v) is 11.7. The number of hydrazone groups is 1. The fraction of sp³-hybridized carbons (Fsp3) is 0.250. The van der Waals surface area contributed by atoms with Crippen LogP contribution in [-0.2, 0) is 14.3 Å². The summed E-state index contributed by atoms with van der Waals surface area (Å²) < 4.78 is 16.0. The lowest BCUT2D eigenvalue weighted by atomic mass is 9.95. The highest BCUT2D eigenvalue weighted by molar-refractivity contribution is 6.31. The van der Waals surface area contributed by atoms with E-state index in [-0.39, 0.29) is 34.3 Å². The second-order valence-electron chi connectivity index (χ2n) is 7.90. The minimum absolute atomic E-state index is 0.00441. The summed E-state index contributed by atoms with van der Waals surface area (Å²) in [6.45, 7) is 2.91. The predicted octanol–water partition coefficient (Wildman–Crippen LogP) is 2.68. The van der Waals surface area contributed by atoms with Crippen LogP contribution in [0.5, 0.6) is 17.2 Å². The van der Waals surface area contributed by atoms with Gasteiger partial charge in [0, 0.05) is 22.3 Å². The second-order valence-corrected chi connectivity index (χ2v) is 8.34. The van der Waals surface area contributed by atoms with Gasteiger partial charge in [0.25, 0.3) is 5.91 Å². The molecule has 0 unspecified atom stereocenters. The van der Waals surface area contributed by atoms with Crippen molar-refractivity contribution in [3.8, 4) is 17.2 Å². The van der Waals surface area contributed by atoms with Crippen LogP contribution in [0.3, 0.4) is 0 Å². The third kappa shape index (κ3) is 6.93. The molecular weight excluding hydrogens is 538 g/mol. The van der Waals surface area contributed by atoms with Crippen LogP contribution in [0.1, 0.15) is 31.0 Å². The van der Waals surface area contributed by atoms with Crippen molar-refractivity contribution in [2.45, 2.75) is 19.9 Å². The predicted molar refractivity (Wildman–Crippen MR) is 138 cm³/mol. The molecule has 0 fully saturated rings. The zero-order valence-electron chi connectivity index (χ0n) is 20.9. The van der Waals surface area contributed by atoms with Gasteiger partial charge in [-0.2, -0.15) is 5.10 Å². The number of carbonyl (C=O) groups excluding carboxylic acids is 3. The number of allylic oxidation sites excluding steroid dienone is 1. The summed E-state index contributed by atoms with van der Waals surface area (Å²) >= 11 is 5.82. The Kier molecular flexibility index (Phi) is 9.28. The van der Waals surface area contributed by atoms with Gasteiger partial charge in [-0.1, -0.05) is 17.7 Å². The van der Waals surface area contributed by atoms with Crippen LogP contribution in [0.25, 0.3) is 0 Å². The molecule has 0 saturated heterocycles. The normalized spacial score (nSPS) is 14.9. The smallest absolute Gasteiger partial charge is 0.338 e. The summed E-state index contributed by atoms with van der Waals surface area (Å²) in [4.78, 5) is 47.0. The van der Waals surface area contributed by atoms with E-state index in [1.807, 2.05) is 0 Å². The summed E-state index contributed by atoms with van der Waals surface area (Å²) in [6.07, 6.45) is 0.992. The van der Waals surface area contributed by atoms with E-state index in [1.165, 1.54) is 19.2 Å². The molecule has 1 atom stereocenters. The van der Waals surface area contributed by atoms with E-state index in [9.17, 15) is 29.6 Å². The first-order chi connectivity index (χ1) is 18.5. The zero-order valence-corrected chi connectivity index (χ0v) is 21.7. The Balaban J connectivity index is 1.70. The van der Waals surface area contributed by atoms with Crippen molar-refractivity contribution in [2.75, 3.05) is 20.3 Å². The maximum Gasteiger partial charge on any atom is 0.338 e. The largest absolute Gasteiger partial charge is 0.502 e. The van der Waals surface area contributed by atoms with E-state index in [1.54, 1.807) is 26.0 Å². The molecule has 0 saturated carbocycles. The minimum atomic E-state index is -0.822. The molecule has 0 radical (unpaired) electrons. The standard InChI is InChI=1S/C24H24ClN5O9/c1-4-38-23(33)20-12(2)27-24(34)28-21(20)13-5-6-17(18(8-13)37-3)39-11-19(31)29-26-10-14-7-15(25)9-16(22(14)32)30(35)36/h5-10,21,32H,4,11H2,1-3H3,(H,29,31)(H2,27,28,34)/b26-10-/t21-/m0/s1. The van der Waals surface area contributed by atoms with Crippen molar-refractivity contribution in [3.63, 3.8) is 0 Å². The number of urea groups is 1. The van der Waals surface area contributed by atoms with E-state index >= 15 is 0 Å². The number of rotatable bonds is 10. The lowest BCUT2D eigenvalue weighted by Crippen LogP contribution is -2.45. The summed E-state index contributed by atoms with van der Waals surface area (Å²) in [5.41, 5.74) is 2.54. The number of nitrogens with zero attached hydrogens (tertiary/aromatic N) is 2. The van der Waals surface area contributed by atoms with E-state index < -0.39 is 46.9 Å². The van der Waals surface area contributed by atoms with Crippen LogP contribution in [0.4, 0.5) is 10.5 Å². The van der Waals surface area contributed by atoms with E-state index in [0.717, 1.165) is 12.3 Å². The van der Waals surface area contributed by atoms with Gasteiger partial charge in [0.1, 0.15) is 0 Å². The second kappa shape index (κ2) is 12.6. The van der Waals surface area contributed by atoms with Crippen molar-refractivity contribution in [2.24, 2.45) is 5.10 Å². The fourth-order valence-corrected chi connectivity index (χ4v) is 3.82. The number of amides is 3. The van der Waals surface area contributed by atoms with Crippen molar-refractivity contribution in [3.05, 3.63) is 67.9 Å². The number of benzene rings is 2. The first kappa shape index (κ1) is 28.7. The summed E-state index contributed by atoms with van der Waals surface area (Å²) in [6, 6.07) is 5.53. The average Bonchev–Trinajstić information content (AvgIpc) is 2.88. The van der Waals surface area contributed by atoms with Gasteiger partial charge in [-0.05, 0) is 37.6 Å². The highest BCUT2D eigenvalue weighted by atomic mass is 35.5. The molecular formula is C24H24ClN5O9. The van der Waals surface area contributed by atoms with E-state index in [4.69, 9.17) is 25.8 Å². The van der Waals surface area contributed by atoms with Crippen molar-refractivity contribution >= 4 is 41.4 Å². The van der Waals surface area contributed by atoms with Crippen LogP contribution in [0.2, 0.25) is 5.02 Å². The third-order valence-electron chi connectivity index (χ3n) is 5.32. The zero-order chi connectivity index (χ0) is 28.7. The average molecular weight is 562 g/mol. The van der Waals surface area contributed by atoms with E-state index in [0.29, 0.717) is 11.3 Å². The molecule has 2 aromatic rings. The Morgan fingerprint density at radius 2 is 2.03 bits per heavy atom. The van der Waals surface area contributed by atoms with Crippen molar-refractivity contribution in [1.82, 2.24) is 16.1 Å². The topological polar surface area (TPSA) is 191 Å². The molecule has 14 nitrogen and oxygen atoms in total. The number of nitrogens with one attached hydrogen (secondary N) is 3. The SMILES string of the molecule is CCOC(=O)C1=C(C)NC(=O)N[C@H]1c1ccc(OCC(=O)N/N=C\c2cc(Cl)cc([N+](=O)[O-])c2O)c(OC)c1. The quantitative estimate of drug-likeness (QED) is 0.146. The number of esters is 1. The molecule has 206 valence electrons. The Hall–Kier alpha value is -4.85. The van der Waals surface area contributed by atoms with Gasteiger partial charge in [0.2, 0.25) is 5.75 Å². The summed E-state index contributed by atoms with van der Waals surface area (Å²) in [7, 11) is 1.38. The van der Waals surface area contributed by atoms with Gasteiger partial charge in [-0.15, -0.1) is 0 Å². The van der Waals surface area contributed by atoms with Gasteiger partial charge in [0.15, 0.2) is 18.1 Å². The number of nitro benzene ring substituents is 1. The number of ether oxygens (including phenoxy) is 3. The first-order valence-electron chi connectivity index (χ1n) is 11.3. The van der Waals surface area contributed by atoms with Gasteiger partial charge in [-0.25, -0.2) is 15.0 Å². The highest BCUT2D eigenvalue weighted by Gasteiger charge is 2.32. The molecule has 0 spiro atoms. The fourth-order valence-electron chi connectivity index (χ4n) is 3.60. The number of hydrogen-bond donors (Lipinski definition) is 4. The summed E-state index contributed by atoms with van der Waals surface area (Å²) in [5, 5.41) is 29.9. The number of aromatic hydroxyl groups is 1. The number of methoxy groups -OCH3 is 1. The molecule has 2 aromatic carbocycles. The van der Waals surface area contributed by atoms with Crippen LogP contribution in [0.15, 0.2) is 46.7 Å². The lowest BCUT2D eigenvalue weighted by Gasteiger charge is -2.28. The van der Waals surface area contributed by atoms with Crippen LogP contribution >= 0.6 is 11.6 Å². The van der Waals surface area contributed by atoms with Crippen LogP contribution in [0, 0.1) is 10.1 Å². The van der Waals surface area contributed by atoms with Gasteiger partial charge < -0.3 is 30.0 Å².